The van der Waals surface area contributed by atoms with Gasteiger partial charge in [0.25, 0.3) is 5.91 Å². The number of rotatable bonds is 4. The lowest BCUT2D eigenvalue weighted by atomic mass is 10.1. The summed E-state index contributed by atoms with van der Waals surface area (Å²) in [4.78, 5) is 21.1. The molecule has 6 nitrogen and oxygen atoms in total. The number of carbonyl (C=O) groups excluding carboxylic acids is 1. The molecule has 1 amide bonds. The Hall–Kier alpha value is -2.18. The Bertz CT molecular complexity index is 574. The lowest BCUT2D eigenvalue weighted by Crippen LogP contribution is -2.33. The Balaban J connectivity index is 1.57. The summed E-state index contributed by atoms with van der Waals surface area (Å²) in [5.41, 5.74) is 3.79. The van der Waals surface area contributed by atoms with Crippen molar-refractivity contribution in [3.8, 4) is 11.3 Å². The molecule has 1 atom stereocenters. The van der Waals surface area contributed by atoms with Crippen LogP contribution in [0, 0.1) is 0 Å². The summed E-state index contributed by atoms with van der Waals surface area (Å²) in [7, 11) is 0. The molecule has 1 saturated heterocycles. The van der Waals surface area contributed by atoms with Crippen molar-refractivity contribution in [2.75, 3.05) is 6.61 Å². The van der Waals surface area contributed by atoms with E-state index in [2.05, 4.69) is 10.5 Å². The molecule has 2 aromatic rings. The largest absolute Gasteiger partial charge is 0.444 e. The molecule has 0 spiro atoms. The van der Waals surface area contributed by atoms with Crippen molar-refractivity contribution in [1.82, 2.24) is 10.5 Å². The second-order valence-corrected chi connectivity index (χ2v) is 4.79. The molecule has 3 rings (SSSR count). The fraction of sp³-hybridized carbons (Fsp3) is 0.333. The van der Waals surface area contributed by atoms with Crippen LogP contribution in [-0.2, 0) is 9.57 Å². The van der Waals surface area contributed by atoms with Gasteiger partial charge in [0.2, 0.25) is 0 Å². The fourth-order valence-corrected chi connectivity index (χ4v) is 2.13. The molecule has 0 bridgehead atoms. The number of hydroxylamine groups is 1. The summed E-state index contributed by atoms with van der Waals surface area (Å²) in [6.07, 6.45) is 5.52. The topological polar surface area (TPSA) is 73.6 Å². The minimum atomic E-state index is -0.351. The van der Waals surface area contributed by atoms with E-state index in [1.807, 2.05) is 0 Å². The van der Waals surface area contributed by atoms with Crippen LogP contribution in [0.3, 0.4) is 0 Å². The number of nitrogens with one attached hydrogen (secondary N) is 1. The van der Waals surface area contributed by atoms with E-state index >= 15 is 0 Å². The summed E-state index contributed by atoms with van der Waals surface area (Å²) >= 11 is 0. The third kappa shape index (κ3) is 3.48. The summed E-state index contributed by atoms with van der Waals surface area (Å²) in [6, 6.07) is 7.01. The average Bonchev–Trinajstić information content (AvgIpc) is 3.08. The van der Waals surface area contributed by atoms with Crippen LogP contribution >= 0.6 is 0 Å². The molecular formula is C15H16N2O4. The van der Waals surface area contributed by atoms with Gasteiger partial charge in [-0.1, -0.05) is 12.1 Å². The van der Waals surface area contributed by atoms with Crippen LogP contribution in [0.1, 0.15) is 29.6 Å². The van der Waals surface area contributed by atoms with E-state index in [1.165, 1.54) is 6.39 Å². The first kappa shape index (κ1) is 13.8. The Kier molecular flexibility index (Phi) is 4.28. The summed E-state index contributed by atoms with van der Waals surface area (Å²) in [6.45, 7) is 0.673. The molecule has 0 unspecified atom stereocenters. The number of carbonyl (C=O) groups is 1. The molecule has 6 heteroatoms. The molecule has 1 N–H and O–H groups in total. The van der Waals surface area contributed by atoms with Gasteiger partial charge in [-0.2, -0.15) is 0 Å². The minimum absolute atomic E-state index is 0.298. The van der Waals surface area contributed by atoms with E-state index < -0.39 is 0 Å². The Labute approximate surface area is 122 Å². The molecule has 0 radical (unpaired) electrons. The van der Waals surface area contributed by atoms with Gasteiger partial charge in [0, 0.05) is 24.2 Å². The number of ether oxygens (including phenoxy) is 1. The van der Waals surface area contributed by atoms with Gasteiger partial charge in [0.15, 0.2) is 18.4 Å². The molecule has 1 aliphatic heterocycles. The molecular weight excluding hydrogens is 272 g/mol. The van der Waals surface area contributed by atoms with Gasteiger partial charge in [-0.25, -0.2) is 15.3 Å². The van der Waals surface area contributed by atoms with Gasteiger partial charge in [-0.05, 0) is 25.0 Å². The highest BCUT2D eigenvalue weighted by Crippen LogP contribution is 2.19. The minimum Gasteiger partial charge on any atom is -0.444 e. The Morgan fingerprint density at radius 1 is 1.29 bits per heavy atom. The highest BCUT2D eigenvalue weighted by atomic mass is 16.8. The number of benzene rings is 1. The SMILES string of the molecule is O=C(NO[C@H]1CCCCO1)c1ccc(-c2cnco2)cc1. The van der Waals surface area contributed by atoms with Crippen molar-refractivity contribution < 1.29 is 18.8 Å². The van der Waals surface area contributed by atoms with E-state index in [9.17, 15) is 4.79 Å². The molecule has 1 aromatic heterocycles. The summed E-state index contributed by atoms with van der Waals surface area (Å²) in [5.74, 6) is 0.363. The van der Waals surface area contributed by atoms with Crippen LogP contribution in [0.2, 0.25) is 0 Å². The van der Waals surface area contributed by atoms with Crippen LogP contribution in [0.5, 0.6) is 0 Å². The van der Waals surface area contributed by atoms with Crippen LogP contribution in [0.25, 0.3) is 11.3 Å². The molecule has 0 aliphatic carbocycles. The Morgan fingerprint density at radius 3 is 2.81 bits per heavy atom. The number of nitrogens with zero attached hydrogens (tertiary/aromatic N) is 1. The maximum absolute atomic E-state index is 12.0. The zero-order valence-electron chi connectivity index (χ0n) is 11.5. The van der Waals surface area contributed by atoms with Gasteiger partial charge in [-0.15, -0.1) is 0 Å². The predicted molar refractivity (Wildman–Crippen MR) is 74.1 cm³/mol. The summed E-state index contributed by atoms with van der Waals surface area (Å²) < 4.78 is 10.6. The van der Waals surface area contributed by atoms with Crippen LogP contribution in [0.15, 0.2) is 41.3 Å². The van der Waals surface area contributed by atoms with Crippen molar-refractivity contribution in [2.45, 2.75) is 25.6 Å². The monoisotopic (exact) mass is 288 g/mol. The molecule has 21 heavy (non-hydrogen) atoms. The third-order valence-electron chi connectivity index (χ3n) is 3.28. The standard InChI is InChI=1S/C15H16N2O4/c18-15(17-21-14-3-1-2-8-19-14)12-6-4-11(5-7-12)13-9-16-10-20-13/h4-7,9-10,14H,1-3,8H2,(H,17,18)/t14-/m0/s1. The number of aromatic nitrogens is 1. The van der Waals surface area contributed by atoms with Gasteiger partial charge in [-0.3, -0.25) is 4.79 Å². The highest BCUT2D eigenvalue weighted by molar-refractivity contribution is 5.93. The van der Waals surface area contributed by atoms with E-state index in [0.717, 1.165) is 24.8 Å². The zero-order chi connectivity index (χ0) is 14.5. The second-order valence-electron chi connectivity index (χ2n) is 4.79. The maximum Gasteiger partial charge on any atom is 0.274 e. The second kappa shape index (κ2) is 6.51. The first-order valence-corrected chi connectivity index (χ1v) is 6.89. The normalized spacial score (nSPS) is 18.4. The van der Waals surface area contributed by atoms with Crippen LogP contribution in [0.4, 0.5) is 0 Å². The van der Waals surface area contributed by atoms with Crippen LogP contribution in [-0.4, -0.2) is 23.8 Å². The fourth-order valence-electron chi connectivity index (χ4n) is 2.13. The smallest absolute Gasteiger partial charge is 0.274 e. The first-order valence-electron chi connectivity index (χ1n) is 6.89. The van der Waals surface area contributed by atoms with E-state index in [0.29, 0.717) is 17.9 Å². The zero-order valence-corrected chi connectivity index (χ0v) is 11.5. The molecule has 110 valence electrons. The van der Waals surface area contributed by atoms with Gasteiger partial charge >= 0.3 is 0 Å². The van der Waals surface area contributed by atoms with Gasteiger partial charge < -0.3 is 9.15 Å². The van der Waals surface area contributed by atoms with E-state index in [4.69, 9.17) is 14.0 Å². The highest BCUT2D eigenvalue weighted by Gasteiger charge is 2.16. The van der Waals surface area contributed by atoms with Gasteiger partial charge in [0.1, 0.15) is 0 Å². The molecule has 1 fully saturated rings. The predicted octanol–water partition coefficient (Wildman–Crippen LogP) is 2.53. The third-order valence-corrected chi connectivity index (χ3v) is 3.28. The van der Waals surface area contributed by atoms with Crippen LogP contribution < -0.4 is 5.48 Å². The van der Waals surface area contributed by atoms with Gasteiger partial charge in [0.05, 0.1) is 6.20 Å². The Morgan fingerprint density at radius 2 is 2.14 bits per heavy atom. The summed E-state index contributed by atoms with van der Waals surface area (Å²) in [5, 5.41) is 0. The average molecular weight is 288 g/mol. The van der Waals surface area contributed by atoms with E-state index in [-0.39, 0.29) is 12.2 Å². The molecule has 2 heterocycles. The number of hydrogen-bond donors (Lipinski definition) is 1. The number of oxazole rings is 1. The molecule has 1 aromatic carbocycles. The van der Waals surface area contributed by atoms with Crippen molar-refractivity contribution in [1.29, 1.82) is 0 Å². The maximum atomic E-state index is 12.0. The quantitative estimate of drug-likeness (QED) is 0.875. The number of hydrogen-bond acceptors (Lipinski definition) is 5. The van der Waals surface area contributed by atoms with Crippen molar-refractivity contribution >= 4 is 5.91 Å². The van der Waals surface area contributed by atoms with Crippen molar-refractivity contribution in [3.05, 3.63) is 42.4 Å². The number of amides is 1. The van der Waals surface area contributed by atoms with Crippen molar-refractivity contribution in [2.24, 2.45) is 0 Å². The lowest BCUT2D eigenvalue weighted by molar-refractivity contribution is -0.186. The first-order chi connectivity index (χ1) is 10.3. The lowest BCUT2D eigenvalue weighted by Gasteiger charge is -2.22. The van der Waals surface area contributed by atoms with Crippen molar-refractivity contribution in [3.63, 3.8) is 0 Å². The van der Waals surface area contributed by atoms with E-state index in [1.54, 1.807) is 30.5 Å². The molecule has 0 saturated carbocycles. The molecule has 1 aliphatic rings.